The number of oxime groups is 1. The molecule has 3 aromatic rings. The first-order valence-electron chi connectivity index (χ1n) is 11.1. The van der Waals surface area contributed by atoms with E-state index in [1.165, 1.54) is 44.9 Å². The molecule has 0 bridgehead atoms. The van der Waals surface area contributed by atoms with Gasteiger partial charge in [0, 0.05) is 16.6 Å². The molecule has 0 aliphatic carbocycles. The summed E-state index contributed by atoms with van der Waals surface area (Å²) in [7, 11) is 0. The Hall–Kier alpha value is -3.20. The van der Waals surface area contributed by atoms with Crippen molar-refractivity contribution in [3.63, 3.8) is 0 Å². The number of aromatic amines is 1. The maximum atomic E-state index is 14.9. The highest BCUT2D eigenvalue weighted by atomic mass is 19.1. The van der Waals surface area contributed by atoms with E-state index in [2.05, 4.69) is 25.0 Å². The second kappa shape index (κ2) is 10.4. The lowest BCUT2D eigenvalue weighted by molar-refractivity contribution is 0.135. The predicted octanol–water partition coefficient (Wildman–Crippen LogP) is 4.40. The molecule has 0 radical (unpaired) electrons. The summed E-state index contributed by atoms with van der Waals surface area (Å²) >= 11 is 0. The first-order valence-corrected chi connectivity index (χ1v) is 11.1. The molecular weight excluding hydrogens is 411 g/mol. The number of likely N-dealkylation sites (tertiary alicyclic amines) is 1. The minimum atomic E-state index is -0.475. The number of piperidine rings is 1. The normalized spacial score (nSPS) is 14.9. The van der Waals surface area contributed by atoms with Crippen LogP contribution < -0.4 is 10.5 Å². The number of nitrogen functional groups attached to an aromatic ring is 1. The van der Waals surface area contributed by atoms with Crippen molar-refractivity contribution >= 4 is 22.9 Å². The van der Waals surface area contributed by atoms with Crippen LogP contribution in [-0.2, 0) is 4.84 Å². The standard InChI is InChI=1S/C23H29FN6O2/c1-16-13-17-19(29-16)7-8-20(21(17)24)32-23-18(22(25)26-15-27-23)14-28-31-12-6-5-11-30-9-3-2-4-10-30/h7-8,13-15,29H,2-6,9-12H2,1H3,(H2,25,26,27). The molecule has 0 unspecified atom stereocenters. The van der Waals surface area contributed by atoms with Crippen molar-refractivity contribution in [1.29, 1.82) is 0 Å². The molecule has 0 spiro atoms. The molecule has 1 fully saturated rings. The quantitative estimate of drug-likeness (QED) is 0.291. The van der Waals surface area contributed by atoms with Gasteiger partial charge in [0.25, 0.3) is 0 Å². The monoisotopic (exact) mass is 440 g/mol. The van der Waals surface area contributed by atoms with E-state index in [-0.39, 0.29) is 17.4 Å². The Morgan fingerprint density at radius 1 is 1.22 bits per heavy atom. The van der Waals surface area contributed by atoms with Crippen molar-refractivity contribution in [3.8, 4) is 11.6 Å². The summed E-state index contributed by atoms with van der Waals surface area (Å²) < 4.78 is 20.6. The van der Waals surface area contributed by atoms with Crippen LogP contribution in [0.3, 0.4) is 0 Å². The van der Waals surface area contributed by atoms with Crippen LogP contribution in [0, 0.1) is 12.7 Å². The van der Waals surface area contributed by atoms with Gasteiger partial charge in [-0.2, -0.15) is 0 Å². The van der Waals surface area contributed by atoms with Crippen molar-refractivity contribution < 1.29 is 14.0 Å². The molecular formula is C23H29FN6O2. The van der Waals surface area contributed by atoms with E-state index >= 15 is 0 Å². The van der Waals surface area contributed by atoms with Crippen molar-refractivity contribution in [1.82, 2.24) is 19.9 Å². The maximum absolute atomic E-state index is 14.9. The van der Waals surface area contributed by atoms with Crippen LogP contribution in [0.2, 0.25) is 0 Å². The fourth-order valence-corrected chi connectivity index (χ4v) is 3.89. The average Bonchev–Trinajstić information content (AvgIpc) is 3.18. The lowest BCUT2D eigenvalue weighted by Gasteiger charge is -2.26. The number of benzene rings is 1. The number of hydrogen-bond acceptors (Lipinski definition) is 7. The Bertz CT molecular complexity index is 1080. The molecule has 4 rings (SSSR count). The molecule has 0 atom stereocenters. The third-order valence-corrected chi connectivity index (χ3v) is 5.59. The van der Waals surface area contributed by atoms with Crippen LogP contribution in [-0.4, -0.2) is 52.3 Å². The predicted molar refractivity (Wildman–Crippen MR) is 123 cm³/mol. The Labute approximate surface area is 186 Å². The average molecular weight is 441 g/mol. The molecule has 0 saturated carbocycles. The minimum absolute atomic E-state index is 0.0443. The second-order valence-electron chi connectivity index (χ2n) is 8.05. The Kier molecular flexibility index (Phi) is 7.16. The zero-order valence-corrected chi connectivity index (χ0v) is 18.3. The van der Waals surface area contributed by atoms with Gasteiger partial charge in [0.1, 0.15) is 24.3 Å². The van der Waals surface area contributed by atoms with Crippen molar-refractivity contribution in [2.24, 2.45) is 5.16 Å². The van der Waals surface area contributed by atoms with Crippen LogP contribution in [0.4, 0.5) is 10.2 Å². The third-order valence-electron chi connectivity index (χ3n) is 5.59. The highest BCUT2D eigenvalue weighted by molar-refractivity contribution is 5.88. The van der Waals surface area contributed by atoms with Crippen LogP contribution in [0.15, 0.2) is 29.7 Å². The summed E-state index contributed by atoms with van der Waals surface area (Å²) in [5, 5.41) is 4.44. The molecule has 2 aromatic heterocycles. The first kappa shape index (κ1) is 22.0. The topological polar surface area (TPSA) is 102 Å². The van der Waals surface area contributed by atoms with Gasteiger partial charge in [0.15, 0.2) is 11.6 Å². The number of nitrogens with zero attached hydrogens (tertiary/aromatic N) is 4. The van der Waals surface area contributed by atoms with Gasteiger partial charge in [-0.1, -0.05) is 11.6 Å². The molecule has 32 heavy (non-hydrogen) atoms. The molecule has 1 aromatic carbocycles. The molecule has 0 amide bonds. The number of unbranched alkanes of at least 4 members (excludes halogenated alkanes) is 1. The van der Waals surface area contributed by atoms with Gasteiger partial charge in [-0.05, 0) is 70.4 Å². The first-order chi connectivity index (χ1) is 15.6. The summed E-state index contributed by atoms with van der Waals surface area (Å²) in [4.78, 5) is 19.1. The van der Waals surface area contributed by atoms with Crippen molar-refractivity contribution in [2.45, 2.75) is 39.0 Å². The second-order valence-corrected chi connectivity index (χ2v) is 8.05. The van der Waals surface area contributed by atoms with Gasteiger partial charge in [-0.3, -0.25) is 0 Å². The van der Waals surface area contributed by atoms with E-state index in [9.17, 15) is 4.39 Å². The summed E-state index contributed by atoms with van der Waals surface area (Å²) in [6.07, 6.45) is 8.61. The number of anilines is 1. The molecule has 1 aliphatic heterocycles. The fraction of sp³-hybridized carbons (Fsp3) is 0.435. The number of aryl methyl sites for hydroxylation is 1. The van der Waals surface area contributed by atoms with Gasteiger partial charge in [-0.15, -0.1) is 0 Å². The van der Waals surface area contributed by atoms with Gasteiger partial charge in [0.05, 0.1) is 6.21 Å². The molecule has 8 nitrogen and oxygen atoms in total. The number of rotatable bonds is 9. The van der Waals surface area contributed by atoms with E-state index in [1.54, 1.807) is 18.2 Å². The lowest BCUT2D eigenvalue weighted by Crippen LogP contribution is -2.30. The summed E-state index contributed by atoms with van der Waals surface area (Å²) in [6.45, 7) is 5.87. The Morgan fingerprint density at radius 3 is 2.91 bits per heavy atom. The highest BCUT2D eigenvalue weighted by Gasteiger charge is 2.15. The maximum Gasteiger partial charge on any atom is 0.233 e. The molecule has 170 valence electrons. The zero-order chi connectivity index (χ0) is 22.3. The number of hydrogen-bond donors (Lipinski definition) is 2. The molecule has 9 heteroatoms. The Balaban J connectivity index is 1.35. The molecule has 3 N–H and O–H groups in total. The number of halogens is 1. The summed E-state index contributed by atoms with van der Waals surface area (Å²) in [5.74, 6) is -0.147. The lowest BCUT2D eigenvalue weighted by atomic mass is 10.1. The summed E-state index contributed by atoms with van der Waals surface area (Å²) in [5.41, 5.74) is 7.87. The minimum Gasteiger partial charge on any atom is -0.435 e. The van der Waals surface area contributed by atoms with E-state index in [0.29, 0.717) is 23.1 Å². The van der Waals surface area contributed by atoms with Crippen LogP contribution in [0.1, 0.15) is 43.4 Å². The fourth-order valence-electron chi connectivity index (χ4n) is 3.89. The zero-order valence-electron chi connectivity index (χ0n) is 18.3. The van der Waals surface area contributed by atoms with Crippen LogP contribution >= 0.6 is 0 Å². The largest absolute Gasteiger partial charge is 0.435 e. The van der Waals surface area contributed by atoms with Gasteiger partial charge < -0.3 is 25.2 Å². The van der Waals surface area contributed by atoms with Crippen LogP contribution in [0.25, 0.3) is 10.9 Å². The van der Waals surface area contributed by atoms with Gasteiger partial charge in [0.2, 0.25) is 5.88 Å². The smallest absolute Gasteiger partial charge is 0.233 e. The van der Waals surface area contributed by atoms with E-state index < -0.39 is 5.82 Å². The van der Waals surface area contributed by atoms with Crippen LogP contribution in [0.5, 0.6) is 11.6 Å². The van der Waals surface area contributed by atoms with Crippen molar-refractivity contribution in [2.75, 3.05) is 32.0 Å². The van der Waals surface area contributed by atoms with E-state index in [1.807, 2.05) is 6.92 Å². The third kappa shape index (κ3) is 5.34. The number of ether oxygens (including phenoxy) is 1. The van der Waals surface area contributed by atoms with Gasteiger partial charge >= 0.3 is 0 Å². The number of nitrogens with two attached hydrogens (primary N) is 1. The van der Waals surface area contributed by atoms with Gasteiger partial charge in [-0.25, -0.2) is 14.4 Å². The molecule has 3 heterocycles. The number of nitrogens with one attached hydrogen (secondary N) is 1. The number of fused-ring (bicyclic) bond motifs is 1. The highest BCUT2D eigenvalue weighted by Crippen LogP contribution is 2.31. The van der Waals surface area contributed by atoms with E-state index in [4.69, 9.17) is 15.3 Å². The molecule has 1 saturated heterocycles. The number of aromatic nitrogens is 3. The SMILES string of the molecule is Cc1cc2c(F)c(Oc3ncnc(N)c3C=NOCCCCN3CCCCC3)ccc2[nH]1. The molecule has 1 aliphatic rings. The van der Waals surface area contributed by atoms with E-state index in [0.717, 1.165) is 25.1 Å². The Morgan fingerprint density at radius 2 is 2.06 bits per heavy atom. The summed E-state index contributed by atoms with van der Waals surface area (Å²) in [6, 6.07) is 5.03. The number of H-pyrrole nitrogens is 1. The van der Waals surface area contributed by atoms with Crippen molar-refractivity contribution in [3.05, 3.63) is 41.6 Å².